The Balaban J connectivity index is -0.0000000533. The summed E-state index contributed by atoms with van der Waals surface area (Å²) in [5, 5.41) is 16.0. The highest BCUT2D eigenvalue weighted by atomic mass is 35.5. The normalized spacial score (nSPS) is 8.69. The molecule has 13 heavy (non-hydrogen) atoms. The van der Waals surface area contributed by atoms with Crippen molar-refractivity contribution in [2.45, 2.75) is 12.5 Å². The highest BCUT2D eigenvalue weighted by Gasteiger charge is 2.14. The number of halogens is 1. The molecule has 0 spiro atoms. The van der Waals surface area contributed by atoms with Crippen molar-refractivity contribution in [3.63, 3.8) is 0 Å². The summed E-state index contributed by atoms with van der Waals surface area (Å²) in [5.74, 6) is -2.50. The molecule has 1 atom stereocenters. The molecule has 0 aliphatic heterocycles. The van der Waals surface area contributed by atoms with Gasteiger partial charge in [-0.15, -0.1) is 12.4 Å². The van der Waals surface area contributed by atoms with Gasteiger partial charge in [0.1, 0.15) is 6.04 Å². The molecule has 0 aliphatic rings. The minimum Gasteiger partial charge on any atom is -0.481 e. The molecular formula is C4H14ClNO7. The van der Waals surface area contributed by atoms with E-state index in [9.17, 15) is 9.59 Å². The van der Waals surface area contributed by atoms with E-state index >= 15 is 0 Å². The Morgan fingerprint density at radius 3 is 1.54 bits per heavy atom. The number of aliphatic carboxylic acids is 2. The molecule has 0 bridgehead atoms. The Bertz CT molecular complexity index is 140. The molecular weight excluding hydrogens is 209 g/mol. The zero-order valence-corrected chi connectivity index (χ0v) is 7.30. The molecule has 0 heterocycles. The van der Waals surface area contributed by atoms with Crippen molar-refractivity contribution in [3.8, 4) is 0 Å². The van der Waals surface area contributed by atoms with Gasteiger partial charge in [0.05, 0.1) is 6.42 Å². The average molecular weight is 224 g/mol. The summed E-state index contributed by atoms with van der Waals surface area (Å²) in [6.45, 7) is 0. The second kappa shape index (κ2) is 13.6. The van der Waals surface area contributed by atoms with Crippen LogP contribution in [0.4, 0.5) is 0 Å². The first kappa shape index (κ1) is 29.6. The lowest BCUT2D eigenvalue weighted by Crippen LogP contribution is -2.32. The zero-order chi connectivity index (χ0) is 7.44. The summed E-state index contributed by atoms with van der Waals surface area (Å²) in [7, 11) is 0. The topological polar surface area (TPSA) is 195 Å². The van der Waals surface area contributed by atoms with Crippen LogP contribution in [0.15, 0.2) is 0 Å². The van der Waals surface area contributed by atoms with Crippen LogP contribution in [0.25, 0.3) is 0 Å². The van der Waals surface area contributed by atoms with E-state index < -0.39 is 24.4 Å². The van der Waals surface area contributed by atoms with Crippen molar-refractivity contribution < 1.29 is 36.2 Å². The van der Waals surface area contributed by atoms with Gasteiger partial charge in [0.25, 0.3) is 0 Å². The van der Waals surface area contributed by atoms with E-state index in [-0.39, 0.29) is 28.8 Å². The fourth-order valence-corrected chi connectivity index (χ4v) is 0.275. The van der Waals surface area contributed by atoms with Crippen LogP contribution in [-0.4, -0.2) is 44.6 Å². The number of nitrogens with two attached hydrogens (primary N) is 1. The minimum atomic E-state index is -1.29. The number of rotatable bonds is 3. The SMILES string of the molecule is Cl.N[C@@H](CC(=O)O)C(=O)O.O.O.O. The third-order valence-electron chi connectivity index (χ3n) is 0.712. The zero-order valence-electron chi connectivity index (χ0n) is 6.48. The monoisotopic (exact) mass is 223 g/mol. The lowest BCUT2D eigenvalue weighted by molar-refractivity contribution is -0.144. The molecule has 10 N–H and O–H groups in total. The van der Waals surface area contributed by atoms with E-state index in [4.69, 9.17) is 15.9 Å². The van der Waals surface area contributed by atoms with Gasteiger partial charge < -0.3 is 32.4 Å². The maximum absolute atomic E-state index is 9.85. The first-order chi connectivity index (χ1) is 4.04. The van der Waals surface area contributed by atoms with Crippen molar-refractivity contribution in [2.24, 2.45) is 5.73 Å². The third kappa shape index (κ3) is 18.2. The number of carboxylic acids is 2. The van der Waals surface area contributed by atoms with Crippen LogP contribution in [0, 0.1) is 0 Å². The molecule has 0 saturated carbocycles. The van der Waals surface area contributed by atoms with Gasteiger partial charge >= 0.3 is 11.9 Å². The average Bonchev–Trinajstić information content (AvgIpc) is 1.63. The molecule has 0 aromatic rings. The Kier molecular flexibility index (Phi) is 31.1. The van der Waals surface area contributed by atoms with E-state index in [0.717, 1.165) is 0 Å². The first-order valence-electron chi connectivity index (χ1n) is 2.24. The van der Waals surface area contributed by atoms with Gasteiger partial charge in [-0.2, -0.15) is 0 Å². The standard InChI is InChI=1S/C4H7NO4.ClH.3H2O/c5-2(4(8)9)1-3(6)7;;;;/h2H,1,5H2,(H,6,7)(H,8,9);1H;3*1H2/t2-;;;;/m0..../s1. The molecule has 9 heteroatoms. The van der Waals surface area contributed by atoms with Crippen LogP contribution in [0.5, 0.6) is 0 Å². The summed E-state index contributed by atoms with van der Waals surface area (Å²) in [6.07, 6.45) is -0.532. The molecule has 0 fully saturated rings. The fraction of sp³-hybridized carbons (Fsp3) is 0.500. The van der Waals surface area contributed by atoms with Crippen LogP contribution < -0.4 is 5.73 Å². The lowest BCUT2D eigenvalue weighted by Gasteiger charge is -1.99. The molecule has 84 valence electrons. The van der Waals surface area contributed by atoms with E-state index in [1.807, 2.05) is 0 Å². The largest absolute Gasteiger partial charge is 0.481 e. The highest BCUT2D eigenvalue weighted by Crippen LogP contribution is 1.86. The fourth-order valence-electron chi connectivity index (χ4n) is 0.275. The van der Waals surface area contributed by atoms with E-state index in [0.29, 0.717) is 0 Å². The van der Waals surface area contributed by atoms with Crippen molar-refractivity contribution >= 4 is 24.3 Å². The lowest BCUT2D eigenvalue weighted by atomic mass is 10.2. The van der Waals surface area contributed by atoms with Crippen molar-refractivity contribution in [1.82, 2.24) is 0 Å². The van der Waals surface area contributed by atoms with Crippen LogP contribution in [0.2, 0.25) is 0 Å². The number of carboxylic acid groups (broad SMARTS) is 2. The number of hydrogen-bond acceptors (Lipinski definition) is 3. The van der Waals surface area contributed by atoms with Gasteiger partial charge in [0, 0.05) is 0 Å². The van der Waals surface area contributed by atoms with Gasteiger partial charge in [0.15, 0.2) is 0 Å². The minimum absolute atomic E-state index is 0. The predicted octanol–water partition coefficient (Wildman–Crippen LogP) is -3.18. The van der Waals surface area contributed by atoms with E-state index in [1.165, 1.54) is 0 Å². The van der Waals surface area contributed by atoms with Gasteiger partial charge in [-0.25, -0.2) is 0 Å². The smallest absolute Gasteiger partial charge is 0.321 e. The van der Waals surface area contributed by atoms with Crippen LogP contribution in [-0.2, 0) is 9.59 Å². The maximum Gasteiger partial charge on any atom is 0.321 e. The summed E-state index contributed by atoms with van der Waals surface area (Å²) >= 11 is 0. The van der Waals surface area contributed by atoms with Crippen LogP contribution >= 0.6 is 12.4 Å². The van der Waals surface area contributed by atoms with E-state index in [2.05, 4.69) is 0 Å². The Morgan fingerprint density at radius 2 is 1.46 bits per heavy atom. The van der Waals surface area contributed by atoms with Crippen LogP contribution in [0.1, 0.15) is 6.42 Å². The van der Waals surface area contributed by atoms with Gasteiger partial charge in [0.2, 0.25) is 0 Å². The molecule has 0 saturated heterocycles. The number of hydrogen-bond donors (Lipinski definition) is 3. The molecule has 0 aromatic heterocycles. The van der Waals surface area contributed by atoms with Crippen LogP contribution in [0.3, 0.4) is 0 Å². The van der Waals surface area contributed by atoms with E-state index in [1.54, 1.807) is 0 Å². The van der Waals surface area contributed by atoms with Crippen molar-refractivity contribution in [2.75, 3.05) is 0 Å². The highest BCUT2D eigenvalue weighted by molar-refractivity contribution is 5.85. The summed E-state index contributed by atoms with van der Waals surface area (Å²) in [4.78, 5) is 19.6. The third-order valence-corrected chi connectivity index (χ3v) is 0.712. The van der Waals surface area contributed by atoms with Crippen molar-refractivity contribution in [3.05, 3.63) is 0 Å². The Hall–Kier alpha value is -0.930. The molecule has 0 unspecified atom stereocenters. The summed E-state index contributed by atoms with van der Waals surface area (Å²) in [5.41, 5.74) is 4.84. The molecule has 8 nitrogen and oxygen atoms in total. The van der Waals surface area contributed by atoms with Gasteiger partial charge in [-0.05, 0) is 0 Å². The second-order valence-corrected chi connectivity index (χ2v) is 1.54. The summed E-state index contributed by atoms with van der Waals surface area (Å²) in [6, 6.07) is -1.29. The van der Waals surface area contributed by atoms with Crippen molar-refractivity contribution in [1.29, 1.82) is 0 Å². The molecule has 0 amide bonds. The number of carbonyl (C=O) groups is 2. The first-order valence-corrected chi connectivity index (χ1v) is 2.24. The predicted molar refractivity (Wildman–Crippen MR) is 46.0 cm³/mol. The van der Waals surface area contributed by atoms with Gasteiger partial charge in [-0.3, -0.25) is 9.59 Å². The Morgan fingerprint density at radius 1 is 1.15 bits per heavy atom. The Labute approximate surface area is 79.7 Å². The molecule has 0 aliphatic carbocycles. The second-order valence-electron chi connectivity index (χ2n) is 1.54. The summed E-state index contributed by atoms with van der Waals surface area (Å²) < 4.78 is 0. The molecule has 0 aromatic carbocycles. The maximum atomic E-state index is 9.85. The molecule has 0 radical (unpaired) electrons. The van der Waals surface area contributed by atoms with Gasteiger partial charge in [-0.1, -0.05) is 0 Å². The quantitative estimate of drug-likeness (QED) is 0.452. The molecule has 0 rings (SSSR count).